The number of amides is 1. The molecule has 0 bridgehead atoms. The van der Waals surface area contributed by atoms with Crippen LogP contribution in [0, 0.1) is 0 Å². The van der Waals surface area contributed by atoms with Gasteiger partial charge in [0.2, 0.25) is 0 Å². The molecule has 0 aromatic rings. The van der Waals surface area contributed by atoms with Gasteiger partial charge >= 0.3 is 6.09 Å². The van der Waals surface area contributed by atoms with E-state index in [1.807, 2.05) is 20.8 Å². The third-order valence-electron chi connectivity index (χ3n) is 2.94. The van der Waals surface area contributed by atoms with E-state index in [4.69, 9.17) is 10.5 Å². The van der Waals surface area contributed by atoms with Crippen molar-refractivity contribution < 1.29 is 9.53 Å². The highest BCUT2D eigenvalue weighted by Gasteiger charge is 2.32. The van der Waals surface area contributed by atoms with Crippen molar-refractivity contribution in [2.75, 3.05) is 0 Å². The first-order valence-corrected chi connectivity index (χ1v) is 5.97. The predicted octanol–water partition coefficient (Wildman–Crippen LogP) is 2.17. The van der Waals surface area contributed by atoms with Crippen molar-refractivity contribution in [1.29, 1.82) is 0 Å². The zero-order chi connectivity index (χ0) is 12.4. The lowest BCUT2D eigenvalue weighted by atomic mass is 9.81. The summed E-state index contributed by atoms with van der Waals surface area (Å²) >= 11 is 0. The van der Waals surface area contributed by atoms with Gasteiger partial charge in [0, 0.05) is 11.6 Å². The third kappa shape index (κ3) is 4.39. The molecule has 0 unspecified atom stereocenters. The topological polar surface area (TPSA) is 64.3 Å². The van der Waals surface area contributed by atoms with Crippen LogP contribution in [0.4, 0.5) is 4.79 Å². The van der Waals surface area contributed by atoms with Gasteiger partial charge in [-0.25, -0.2) is 4.79 Å². The average Bonchev–Trinajstić information content (AvgIpc) is 2.07. The Labute approximate surface area is 97.9 Å². The Bertz CT molecular complexity index is 250. The van der Waals surface area contributed by atoms with Gasteiger partial charge in [0.25, 0.3) is 0 Å². The number of ether oxygens (including phenoxy) is 1. The van der Waals surface area contributed by atoms with E-state index in [9.17, 15) is 4.79 Å². The van der Waals surface area contributed by atoms with Crippen molar-refractivity contribution in [2.24, 2.45) is 5.73 Å². The molecule has 1 saturated carbocycles. The molecule has 94 valence electrons. The maximum atomic E-state index is 11.6. The summed E-state index contributed by atoms with van der Waals surface area (Å²) in [6.45, 7) is 7.66. The first kappa shape index (κ1) is 13.3. The number of hydrogen-bond acceptors (Lipinski definition) is 3. The molecule has 1 fully saturated rings. The van der Waals surface area contributed by atoms with Gasteiger partial charge in [-0.15, -0.1) is 0 Å². The number of carbonyl (C=O) groups is 1. The molecule has 1 rings (SSSR count). The van der Waals surface area contributed by atoms with Crippen molar-refractivity contribution in [2.45, 2.75) is 70.6 Å². The number of hydrogen-bond donors (Lipinski definition) is 2. The normalized spacial score (nSPS) is 30.9. The Hall–Kier alpha value is -0.770. The minimum Gasteiger partial charge on any atom is -0.444 e. The van der Waals surface area contributed by atoms with E-state index in [1.54, 1.807) is 0 Å². The first-order valence-electron chi connectivity index (χ1n) is 5.97. The number of alkyl carbamates (subject to hydrolysis) is 1. The lowest BCUT2D eigenvalue weighted by Gasteiger charge is -2.37. The van der Waals surface area contributed by atoms with Gasteiger partial charge in [0.15, 0.2) is 0 Å². The van der Waals surface area contributed by atoms with Crippen molar-refractivity contribution in [3.05, 3.63) is 0 Å². The van der Waals surface area contributed by atoms with E-state index in [2.05, 4.69) is 12.2 Å². The smallest absolute Gasteiger partial charge is 0.408 e. The molecule has 16 heavy (non-hydrogen) atoms. The quantitative estimate of drug-likeness (QED) is 0.723. The van der Waals surface area contributed by atoms with Gasteiger partial charge in [-0.3, -0.25) is 0 Å². The van der Waals surface area contributed by atoms with Crippen LogP contribution in [-0.2, 0) is 4.74 Å². The number of carbonyl (C=O) groups excluding carboxylic acids is 1. The Kier molecular flexibility index (Phi) is 3.84. The fraction of sp³-hybridized carbons (Fsp3) is 0.917. The summed E-state index contributed by atoms with van der Waals surface area (Å²) in [6.07, 6.45) is 3.45. The second-order valence-electron chi connectivity index (χ2n) is 6.02. The van der Waals surface area contributed by atoms with Crippen LogP contribution in [0.25, 0.3) is 0 Å². The highest BCUT2D eigenvalue weighted by Crippen LogP contribution is 2.27. The van der Waals surface area contributed by atoms with Gasteiger partial charge in [-0.1, -0.05) is 0 Å². The third-order valence-corrected chi connectivity index (χ3v) is 2.94. The summed E-state index contributed by atoms with van der Waals surface area (Å²) in [5.41, 5.74) is 5.25. The zero-order valence-corrected chi connectivity index (χ0v) is 10.8. The predicted molar refractivity (Wildman–Crippen MR) is 64.2 cm³/mol. The van der Waals surface area contributed by atoms with Crippen molar-refractivity contribution in [1.82, 2.24) is 5.32 Å². The van der Waals surface area contributed by atoms with E-state index < -0.39 is 5.60 Å². The summed E-state index contributed by atoms with van der Waals surface area (Å²) < 4.78 is 5.25. The fourth-order valence-electron chi connectivity index (χ4n) is 1.95. The van der Waals surface area contributed by atoms with Gasteiger partial charge in [0.05, 0.1) is 0 Å². The van der Waals surface area contributed by atoms with E-state index in [0.29, 0.717) is 0 Å². The van der Waals surface area contributed by atoms with E-state index in [-0.39, 0.29) is 17.7 Å². The lowest BCUT2D eigenvalue weighted by molar-refractivity contribution is 0.0435. The summed E-state index contributed by atoms with van der Waals surface area (Å²) in [4.78, 5) is 11.6. The van der Waals surface area contributed by atoms with Gasteiger partial charge in [0.1, 0.15) is 5.60 Å². The number of nitrogens with one attached hydrogen (secondary N) is 1. The van der Waals surface area contributed by atoms with Crippen molar-refractivity contribution >= 4 is 6.09 Å². The molecule has 3 N–H and O–H groups in total. The second kappa shape index (κ2) is 4.62. The van der Waals surface area contributed by atoms with E-state index in [1.165, 1.54) is 0 Å². The molecule has 0 saturated heterocycles. The number of nitrogens with two attached hydrogens (primary N) is 1. The van der Waals surface area contributed by atoms with Crippen molar-refractivity contribution in [3.63, 3.8) is 0 Å². The molecule has 1 aliphatic carbocycles. The van der Waals surface area contributed by atoms with Crippen LogP contribution in [0.5, 0.6) is 0 Å². The van der Waals surface area contributed by atoms with Crippen LogP contribution in [0.2, 0.25) is 0 Å². The molecule has 0 aliphatic heterocycles. The Morgan fingerprint density at radius 3 is 2.31 bits per heavy atom. The highest BCUT2D eigenvalue weighted by molar-refractivity contribution is 5.68. The monoisotopic (exact) mass is 228 g/mol. The SMILES string of the molecule is CC(C)(C)OC(=O)N[C@]1(C)CC[C@H](N)CC1. The number of rotatable bonds is 1. The second-order valence-corrected chi connectivity index (χ2v) is 6.02. The Morgan fingerprint density at radius 1 is 1.38 bits per heavy atom. The van der Waals surface area contributed by atoms with Gasteiger partial charge < -0.3 is 15.8 Å². The molecule has 1 aliphatic rings. The zero-order valence-electron chi connectivity index (χ0n) is 10.8. The molecule has 1 amide bonds. The molecule has 4 heteroatoms. The summed E-state index contributed by atoms with van der Waals surface area (Å²) in [6, 6.07) is 0.286. The van der Waals surface area contributed by atoms with Crippen LogP contribution in [-0.4, -0.2) is 23.3 Å². The minimum atomic E-state index is -0.439. The van der Waals surface area contributed by atoms with Crippen LogP contribution in [0.3, 0.4) is 0 Å². The van der Waals surface area contributed by atoms with E-state index >= 15 is 0 Å². The van der Waals surface area contributed by atoms with Crippen LogP contribution in [0.15, 0.2) is 0 Å². The molecular weight excluding hydrogens is 204 g/mol. The van der Waals surface area contributed by atoms with Crippen molar-refractivity contribution in [3.8, 4) is 0 Å². The molecule has 0 atom stereocenters. The summed E-state index contributed by atoms with van der Waals surface area (Å²) in [5.74, 6) is 0. The standard InChI is InChI=1S/C12H24N2O2/c1-11(2,3)16-10(15)14-12(4)7-5-9(13)6-8-12/h9H,5-8,13H2,1-4H3,(H,14,15)/t9-,12+. The van der Waals surface area contributed by atoms with Crippen LogP contribution in [0.1, 0.15) is 53.4 Å². The van der Waals surface area contributed by atoms with Gasteiger partial charge in [-0.05, 0) is 53.4 Å². The maximum Gasteiger partial charge on any atom is 0.408 e. The fourth-order valence-corrected chi connectivity index (χ4v) is 1.95. The largest absolute Gasteiger partial charge is 0.444 e. The highest BCUT2D eigenvalue weighted by atomic mass is 16.6. The maximum absolute atomic E-state index is 11.6. The molecule has 0 aromatic heterocycles. The summed E-state index contributed by atoms with van der Waals surface area (Å²) in [7, 11) is 0. The Balaban J connectivity index is 2.44. The van der Waals surface area contributed by atoms with Gasteiger partial charge in [-0.2, -0.15) is 0 Å². The summed E-state index contributed by atoms with van der Waals surface area (Å²) in [5, 5.41) is 2.96. The molecule has 0 spiro atoms. The lowest BCUT2D eigenvalue weighted by Crippen LogP contribution is -2.51. The average molecular weight is 228 g/mol. The molecule has 4 nitrogen and oxygen atoms in total. The molecule has 0 aromatic carbocycles. The molecule has 0 heterocycles. The minimum absolute atomic E-state index is 0.155. The Morgan fingerprint density at radius 2 is 1.88 bits per heavy atom. The van der Waals surface area contributed by atoms with Crippen LogP contribution < -0.4 is 11.1 Å². The molecule has 0 radical (unpaired) electrons. The molecular formula is C12H24N2O2. The van der Waals surface area contributed by atoms with Crippen LogP contribution >= 0.6 is 0 Å². The first-order chi connectivity index (χ1) is 7.20. The van der Waals surface area contributed by atoms with E-state index in [0.717, 1.165) is 25.7 Å².